The summed E-state index contributed by atoms with van der Waals surface area (Å²) in [4.78, 5) is 3.81. The largest absolute Gasteiger partial charge is 0.379 e. The molecule has 0 radical (unpaired) electrons. The van der Waals surface area contributed by atoms with E-state index in [2.05, 4.69) is 29.3 Å². The zero-order valence-electron chi connectivity index (χ0n) is 9.82. The second-order valence-corrected chi connectivity index (χ2v) is 5.58. The Morgan fingerprint density at radius 3 is 3.06 bits per heavy atom. The Morgan fingerprint density at radius 2 is 2.50 bits per heavy atom. The van der Waals surface area contributed by atoms with Crippen molar-refractivity contribution in [3.05, 3.63) is 22.4 Å². The molecule has 3 nitrogen and oxygen atoms in total. The predicted octanol–water partition coefficient (Wildman–Crippen LogP) is 1.69. The summed E-state index contributed by atoms with van der Waals surface area (Å²) >= 11 is 1.81. The van der Waals surface area contributed by atoms with Crippen LogP contribution in [0.15, 0.2) is 17.5 Å². The summed E-state index contributed by atoms with van der Waals surface area (Å²) in [5, 5.41) is 2.13. The average Bonchev–Trinajstić information content (AvgIpc) is 2.89. The van der Waals surface area contributed by atoms with Crippen LogP contribution in [0.5, 0.6) is 0 Å². The maximum Gasteiger partial charge on any atom is 0.0659 e. The van der Waals surface area contributed by atoms with E-state index < -0.39 is 0 Å². The van der Waals surface area contributed by atoms with E-state index in [9.17, 15) is 0 Å². The molecule has 0 aliphatic carbocycles. The number of thiophene rings is 1. The summed E-state index contributed by atoms with van der Waals surface area (Å²) < 4.78 is 5.39. The summed E-state index contributed by atoms with van der Waals surface area (Å²) in [6, 6.07) is 4.28. The van der Waals surface area contributed by atoms with Crippen LogP contribution < -0.4 is 5.73 Å². The molecule has 0 aromatic carbocycles. The predicted molar refractivity (Wildman–Crippen MR) is 67.6 cm³/mol. The SMILES string of the molecule is CCN(Cc1cccs1)CC1(N)CCOC1. The van der Waals surface area contributed by atoms with Crippen LogP contribution in [0.25, 0.3) is 0 Å². The molecular formula is C12H20N2OS. The first-order valence-electron chi connectivity index (χ1n) is 5.83. The highest BCUT2D eigenvalue weighted by molar-refractivity contribution is 7.09. The lowest BCUT2D eigenvalue weighted by Gasteiger charge is -2.30. The molecule has 0 saturated carbocycles. The van der Waals surface area contributed by atoms with Crippen molar-refractivity contribution in [3.8, 4) is 0 Å². The van der Waals surface area contributed by atoms with Gasteiger partial charge in [0, 0.05) is 24.6 Å². The minimum absolute atomic E-state index is 0.132. The van der Waals surface area contributed by atoms with E-state index >= 15 is 0 Å². The van der Waals surface area contributed by atoms with E-state index in [1.165, 1.54) is 4.88 Å². The van der Waals surface area contributed by atoms with E-state index in [4.69, 9.17) is 10.5 Å². The quantitative estimate of drug-likeness (QED) is 0.851. The van der Waals surface area contributed by atoms with Crippen LogP contribution in [0.2, 0.25) is 0 Å². The fourth-order valence-electron chi connectivity index (χ4n) is 2.10. The Bertz CT molecular complexity index is 307. The Labute approximate surface area is 101 Å². The van der Waals surface area contributed by atoms with Gasteiger partial charge in [-0.1, -0.05) is 13.0 Å². The fourth-order valence-corrected chi connectivity index (χ4v) is 2.84. The van der Waals surface area contributed by atoms with Gasteiger partial charge in [-0.2, -0.15) is 0 Å². The topological polar surface area (TPSA) is 38.5 Å². The molecule has 1 aliphatic rings. The highest BCUT2D eigenvalue weighted by Crippen LogP contribution is 2.19. The van der Waals surface area contributed by atoms with Gasteiger partial charge < -0.3 is 10.5 Å². The molecule has 1 saturated heterocycles. The molecule has 90 valence electrons. The van der Waals surface area contributed by atoms with E-state index in [0.717, 1.165) is 32.7 Å². The van der Waals surface area contributed by atoms with Crippen LogP contribution >= 0.6 is 11.3 Å². The third kappa shape index (κ3) is 3.04. The molecule has 16 heavy (non-hydrogen) atoms. The summed E-state index contributed by atoms with van der Waals surface area (Å²) in [6.07, 6.45) is 0.980. The van der Waals surface area contributed by atoms with E-state index in [-0.39, 0.29) is 5.54 Å². The Balaban J connectivity index is 1.90. The maximum atomic E-state index is 6.30. The molecule has 0 bridgehead atoms. The van der Waals surface area contributed by atoms with Gasteiger partial charge in [0.15, 0.2) is 0 Å². The first kappa shape index (κ1) is 12.0. The van der Waals surface area contributed by atoms with Crippen molar-refractivity contribution >= 4 is 11.3 Å². The lowest BCUT2D eigenvalue weighted by atomic mass is 9.99. The van der Waals surface area contributed by atoms with Gasteiger partial charge in [-0.3, -0.25) is 4.90 Å². The Hall–Kier alpha value is -0.420. The number of likely N-dealkylation sites (N-methyl/N-ethyl adjacent to an activating group) is 1. The standard InChI is InChI=1S/C12H20N2OS/c1-2-14(8-11-4-3-7-16-11)9-12(13)5-6-15-10-12/h3-4,7H,2,5-6,8-10,13H2,1H3. The second-order valence-electron chi connectivity index (χ2n) is 4.55. The summed E-state index contributed by atoms with van der Waals surface area (Å²) in [7, 11) is 0. The number of nitrogens with two attached hydrogens (primary N) is 1. The molecule has 1 fully saturated rings. The highest BCUT2D eigenvalue weighted by Gasteiger charge is 2.32. The summed E-state index contributed by atoms with van der Waals surface area (Å²) in [5.41, 5.74) is 6.17. The number of ether oxygens (including phenoxy) is 1. The lowest BCUT2D eigenvalue weighted by Crippen LogP contribution is -2.50. The molecular weight excluding hydrogens is 220 g/mol. The minimum atomic E-state index is -0.132. The molecule has 1 unspecified atom stereocenters. The molecule has 2 heterocycles. The molecule has 1 aromatic rings. The van der Waals surface area contributed by atoms with Crippen LogP contribution in [0.3, 0.4) is 0 Å². The zero-order valence-corrected chi connectivity index (χ0v) is 10.6. The van der Waals surface area contributed by atoms with Crippen LogP contribution in [-0.4, -0.2) is 36.7 Å². The van der Waals surface area contributed by atoms with Gasteiger partial charge in [-0.25, -0.2) is 0 Å². The van der Waals surface area contributed by atoms with Gasteiger partial charge in [-0.15, -0.1) is 11.3 Å². The van der Waals surface area contributed by atoms with Gasteiger partial charge in [-0.05, 0) is 24.4 Å². The zero-order chi connectivity index (χ0) is 11.4. The van der Waals surface area contributed by atoms with Crippen molar-refractivity contribution in [1.29, 1.82) is 0 Å². The summed E-state index contributed by atoms with van der Waals surface area (Å²) in [5.74, 6) is 0. The van der Waals surface area contributed by atoms with Crippen molar-refractivity contribution in [2.45, 2.75) is 25.4 Å². The highest BCUT2D eigenvalue weighted by atomic mass is 32.1. The van der Waals surface area contributed by atoms with Gasteiger partial charge in [0.2, 0.25) is 0 Å². The van der Waals surface area contributed by atoms with E-state index in [0.29, 0.717) is 6.61 Å². The van der Waals surface area contributed by atoms with Gasteiger partial charge in [0.1, 0.15) is 0 Å². The fraction of sp³-hybridized carbons (Fsp3) is 0.667. The van der Waals surface area contributed by atoms with Crippen molar-refractivity contribution in [2.24, 2.45) is 5.73 Å². The molecule has 0 amide bonds. The number of hydrogen-bond acceptors (Lipinski definition) is 4. The first-order chi connectivity index (χ1) is 7.72. The minimum Gasteiger partial charge on any atom is -0.379 e. The lowest BCUT2D eigenvalue weighted by molar-refractivity contribution is 0.152. The maximum absolute atomic E-state index is 6.30. The van der Waals surface area contributed by atoms with E-state index in [1.807, 2.05) is 11.3 Å². The van der Waals surface area contributed by atoms with Gasteiger partial charge in [0.25, 0.3) is 0 Å². The number of rotatable bonds is 5. The van der Waals surface area contributed by atoms with Crippen molar-refractivity contribution in [1.82, 2.24) is 4.90 Å². The molecule has 2 N–H and O–H groups in total. The first-order valence-corrected chi connectivity index (χ1v) is 6.71. The molecule has 1 atom stereocenters. The molecule has 0 spiro atoms. The number of hydrogen-bond donors (Lipinski definition) is 1. The second kappa shape index (κ2) is 5.27. The average molecular weight is 240 g/mol. The van der Waals surface area contributed by atoms with Gasteiger partial charge in [0.05, 0.1) is 12.1 Å². The van der Waals surface area contributed by atoms with Crippen molar-refractivity contribution in [2.75, 3.05) is 26.3 Å². The van der Waals surface area contributed by atoms with Crippen LogP contribution in [-0.2, 0) is 11.3 Å². The number of nitrogens with zero attached hydrogens (tertiary/aromatic N) is 1. The Kier molecular flexibility index (Phi) is 3.97. The molecule has 4 heteroatoms. The van der Waals surface area contributed by atoms with Crippen molar-refractivity contribution in [3.63, 3.8) is 0 Å². The summed E-state index contributed by atoms with van der Waals surface area (Å²) in [6.45, 7) is 6.68. The monoisotopic (exact) mass is 240 g/mol. The molecule has 1 aliphatic heterocycles. The third-order valence-electron chi connectivity index (χ3n) is 3.08. The van der Waals surface area contributed by atoms with Crippen LogP contribution in [0, 0.1) is 0 Å². The Morgan fingerprint density at radius 1 is 1.62 bits per heavy atom. The molecule has 2 rings (SSSR count). The van der Waals surface area contributed by atoms with Crippen LogP contribution in [0.4, 0.5) is 0 Å². The molecule has 1 aromatic heterocycles. The normalized spacial score (nSPS) is 25.4. The van der Waals surface area contributed by atoms with Crippen molar-refractivity contribution < 1.29 is 4.74 Å². The third-order valence-corrected chi connectivity index (χ3v) is 3.94. The van der Waals surface area contributed by atoms with Crippen LogP contribution in [0.1, 0.15) is 18.2 Å². The smallest absolute Gasteiger partial charge is 0.0659 e. The van der Waals surface area contributed by atoms with E-state index in [1.54, 1.807) is 0 Å². The van der Waals surface area contributed by atoms with Gasteiger partial charge >= 0.3 is 0 Å².